The fourth-order valence-electron chi connectivity index (χ4n) is 2.00. The molecule has 3 aromatic rings. The molecule has 110 valence electrons. The predicted octanol–water partition coefficient (Wildman–Crippen LogP) is 4.71. The molecule has 0 saturated heterocycles. The summed E-state index contributed by atoms with van der Waals surface area (Å²) in [5.74, 6) is -0.139. The zero-order valence-corrected chi connectivity index (χ0v) is 12.6. The van der Waals surface area contributed by atoms with Gasteiger partial charge in [0.2, 0.25) is 5.13 Å². The molecule has 0 radical (unpaired) electrons. The molecular formula is C17H13FN2OS. The number of para-hydroxylation sites is 1. The van der Waals surface area contributed by atoms with E-state index < -0.39 is 0 Å². The van der Waals surface area contributed by atoms with Gasteiger partial charge in [-0.05, 0) is 31.2 Å². The number of halogens is 1. The van der Waals surface area contributed by atoms with Crippen LogP contribution in [0.25, 0.3) is 11.3 Å². The lowest BCUT2D eigenvalue weighted by atomic mass is 10.1. The molecule has 0 unspecified atom stereocenters. The summed E-state index contributed by atoms with van der Waals surface area (Å²) in [6, 6.07) is 11.8. The summed E-state index contributed by atoms with van der Waals surface area (Å²) in [5.41, 5.74) is 2.63. The van der Waals surface area contributed by atoms with Crippen molar-refractivity contribution >= 4 is 22.7 Å². The summed E-state index contributed by atoms with van der Waals surface area (Å²) >= 11 is 1.33. The van der Waals surface area contributed by atoms with Crippen LogP contribution in [0, 0.1) is 12.7 Å². The normalized spacial score (nSPS) is 11.2. The minimum absolute atomic E-state index is 0.160. The van der Waals surface area contributed by atoms with E-state index in [9.17, 15) is 9.50 Å². The number of thiazole rings is 1. The third kappa shape index (κ3) is 3.04. The highest BCUT2D eigenvalue weighted by atomic mass is 32.1. The molecule has 0 spiro atoms. The SMILES string of the molecule is Cc1ccc(F)c(-c2csc(/N=C/c3ccccc3O)n2)c1. The van der Waals surface area contributed by atoms with Crippen molar-refractivity contribution in [2.24, 2.45) is 4.99 Å². The fourth-order valence-corrected chi connectivity index (χ4v) is 2.67. The fraction of sp³-hybridized carbons (Fsp3) is 0.0588. The molecule has 0 atom stereocenters. The third-order valence-electron chi connectivity index (χ3n) is 3.14. The average molecular weight is 312 g/mol. The van der Waals surface area contributed by atoms with Crippen molar-refractivity contribution in [2.45, 2.75) is 6.92 Å². The van der Waals surface area contributed by atoms with Crippen molar-refractivity contribution in [1.82, 2.24) is 4.98 Å². The largest absolute Gasteiger partial charge is 0.507 e. The number of rotatable bonds is 3. The van der Waals surface area contributed by atoms with Crippen LogP contribution >= 0.6 is 11.3 Å². The first kappa shape index (κ1) is 14.4. The lowest BCUT2D eigenvalue weighted by Gasteiger charge is -2.00. The zero-order valence-electron chi connectivity index (χ0n) is 11.8. The quantitative estimate of drug-likeness (QED) is 0.712. The van der Waals surface area contributed by atoms with Gasteiger partial charge in [0.05, 0.1) is 5.69 Å². The molecule has 2 aromatic carbocycles. The van der Waals surface area contributed by atoms with Crippen LogP contribution in [-0.4, -0.2) is 16.3 Å². The minimum Gasteiger partial charge on any atom is -0.507 e. The number of aryl methyl sites for hydroxylation is 1. The molecule has 0 amide bonds. The van der Waals surface area contributed by atoms with Crippen LogP contribution in [0.2, 0.25) is 0 Å². The molecule has 1 heterocycles. The molecule has 0 fully saturated rings. The van der Waals surface area contributed by atoms with Gasteiger partial charge in [0, 0.05) is 22.7 Å². The molecule has 3 nitrogen and oxygen atoms in total. The lowest BCUT2D eigenvalue weighted by Crippen LogP contribution is -1.85. The molecule has 3 rings (SSSR count). The van der Waals surface area contributed by atoms with E-state index in [0.717, 1.165) is 5.56 Å². The predicted molar refractivity (Wildman–Crippen MR) is 87.6 cm³/mol. The standard InChI is InChI=1S/C17H13FN2OS/c1-11-6-7-14(18)13(8-11)15-10-22-17(20-15)19-9-12-4-2-3-5-16(12)21/h2-10,21H,1H3/b19-9+. The Labute approximate surface area is 131 Å². The number of aliphatic imine (C=N–C) groups is 1. The second kappa shape index (κ2) is 6.07. The first-order valence-electron chi connectivity index (χ1n) is 6.67. The first-order valence-corrected chi connectivity index (χ1v) is 7.55. The molecule has 1 N–H and O–H groups in total. The van der Waals surface area contributed by atoms with E-state index in [2.05, 4.69) is 9.98 Å². The van der Waals surface area contributed by atoms with E-state index in [1.54, 1.807) is 41.9 Å². The number of aromatic nitrogens is 1. The van der Waals surface area contributed by atoms with Gasteiger partial charge in [-0.3, -0.25) is 0 Å². The highest BCUT2D eigenvalue weighted by Crippen LogP contribution is 2.29. The summed E-state index contributed by atoms with van der Waals surface area (Å²) in [7, 11) is 0. The lowest BCUT2D eigenvalue weighted by molar-refractivity contribution is 0.474. The maximum Gasteiger partial charge on any atom is 0.209 e. The summed E-state index contributed by atoms with van der Waals surface area (Å²) < 4.78 is 13.9. The van der Waals surface area contributed by atoms with Crippen LogP contribution < -0.4 is 0 Å². The maximum absolute atomic E-state index is 13.9. The summed E-state index contributed by atoms with van der Waals surface area (Å²) in [5, 5.41) is 12.0. The molecular weight excluding hydrogens is 299 g/mol. The van der Waals surface area contributed by atoms with Crippen LogP contribution in [0.5, 0.6) is 5.75 Å². The van der Waals surface area contributed by atoms with Crippen molar-refractivity contribution in [3.8, 4) is 17.0 Å². The van der Waals surface area contributed by atoms with Crippen molar-refractivity contribution in [2.75, 3.05) is 0 Å². The minimum atomic E-state index is -0.299. The van der Waals surface area contributed by atoms with Gasteiger partial charge >= 0.3 is 0 Å². The van der Waals surface area contributed by atoms with Gasteiger partial charge in [-0.25, -0.2) is 14.4 Å². The van der Waals surface area contributed by atoms with E-state index in [1.165, 1.54) is 17.4 Å². The van der Waals surface area contributed by atoms with E-state index in [0.29, 0.717) is 22.0 Å². The molecule has 0 aliphatic rings. The smallest absolute Gasteiger partial charge is 0.209 e. The van der Waals surface area contributed by atoms with Crippen LogP contribution in [-0.2, 0) is 0 Å². The Bertz CT molecular complexity index is 842. The van der Waals surface area contributed by atoms with Crippen LogP contribution in [0.15, 0.2) is 52.8 Å². The van der Waals surface area contributed by atoms with Gasteiger partial charge < -0.3 is 5.11 Å². The molecule has 0 aliphatic heterocycles. The van der Waals surface area contributed by atoms with Gasteiger partial charge in [-0.1, -0.05) is 23.8 Å². The topological polar surface area (TPSA) is 45.5 Å². The Morgan fingerprint density at radius 3 is 2.86 bits per heavy atom. The van der Waals surface area contributed by atoms with E-state index in [4.69, 9.17) is 0 Å². The number of aromatic hydroxyl groups is 1. The van der Waals surface area contributed by atoms with E-state index in [1.807, 2.05) is 13.0 Å². The number of hydrogen-bond donors (Lipinski definition) is 1. The van der Waals surface area contributed by atoms with E-state index >= 15 is 0 Å². The number of phenols is 1. The molecule has 0 aliphatic carbocycles. The number of nitrogens with zero attached hydrogens (tertiary/aromatic N) is 2. The second-order valence-corrected chi connectivity index (χ2v) is 5.65. The molecule has 0 bridgehead atoms. The number of phenolic OH excluding ortho intramolecular Hbond substituents is 1. The van der Waals surface area contributed by atoms with Gasteiger partial charge in [0.25, 0.3) is 0 Å². The van der Waals surface area contributed by atoms with Crippen LogP contribution in [0.3, 0.4) is 0 Å². The van der Waals surface area contributed by atoms with E-state index in [-0.39, 0.29) is 11.6 Å². The zero-order chi connectivity index (χ0) is 15.5. The monoisotopic (exact) mass is 312 g/mol. The van der Waals surface area contributed by atoms with Gasteiger partial charge in [-0.15, -0.1) is 11.3 Å². The maximum atomic E-state index is 13.9. The average Bonchev–Trinajstić information content (AvgIpc) is 2.98. The third-order valence-corrected chi connectivity index (χ3v) is 3.89. The Morgan fingerprint density at radius 1 is 1.23 bits per heavy atom. The summed E-state index contributed by atoms with van der Waals surface area (Å²) in [6.45, 7) is 1.91. The Morgan fingerprint density at radius 2 is 2.05 bits per heavy atom. The highest BCUT2D eigenvalue weighted by molar-refractivity contribution is 7.13. The second-order valence-electron chi connectivity index (χ2n) is 4.82. The van der Waals surface area contributed by atoms with Crippen molar-refractivity contribution in [1.29, 1.82) is 0 Å². The van der Waals surface area contributed by atoms with Gasteiger partial charge in [0.1, 0.15) is 11.6 Å². The summed E-state index contributed by atoms with van der Waals surface area (Å²) in [6.07, 6.45) is 1.55. The molecule has 5 heteroatoms. The van der Waals surface area contributed by atoms with Gasteiger partial charge in [0.15, 0.2) is 0 Å². The van der Waals surface area contributed by atoms with Crippen molar-refractivity contribution in [3.05, 3.63) is 64.8 Å². The Balaban J connectivity index is 1.88. The Hall–Kier alpha value is -2.53. The van der Waals surface area contributed by atoms with Crippen LogP contribution in [0.4, 0.5) is 9.52 Å². The van der Waals surface area contributed by atoms with Crippen molar-refractivity contribution in [3.63, 3.8) is 0 Å². The molecule has 0 saturated carbocycles. The first-order chi connectivity index (χ1) is 10.6. The highest BCUT2D eigenvalue weighted by Gasteiger charge is 2.09. The number of hydrogen-bond acceptors (Lipinski definition) is 4. The molecule has 22 heavy (non-hydrogen) atoms. The van der Waals surface area contributed by atoms with Crippen molar-refractivity contribution < 1.29 is 9.50 Å². The molecule has 1 aromatic heterocycles. The van der Waals surface area contributed by atoms with Crippen LogP contribution in [0.1, 0.15) is 11.1 Å². The van der Waals surface area contributed by atoms with Gasteiger partial charge in [-0.2, -0.15) is 0 Å². The number of benzene rings is 2. The Kier molecular flexibility index (Phi) is 3.98. The summed E-state index contributed by atoms with van der Waals surface area (Å²) in [4.78, 5) is 8.56.